The van der Waals surface area contributed by atoms with E-state index in [-0.39, 0.29) is 5.69 Å². The summed E-state index contributed by atoms with van der Waals surface area (Å²) in [5.74, 6) is 2.86. The largest absolute Gasteiger partial charge is 0.497 e. The second kappa shape index (κ2) is 10.3. The second-order valence-corrected chi connectivity index (χ2v) is 9.23. The summed E-state index contributed by atoms with van der Waals surface area (Å²) in [5, 5.41) is 29.0. The van der Waals surface area contributed by atoms with Gasteiger partial charge in [-0.2, -0.15) is 0 Å². The summed E-state index contributed by atoms with van der Waals surface area (Å²) in [7, 11) is 1.65. The van der Waals surface area contributed by atoms with Gasteiger partial charge in [-0.1, -0.05) is 31.0 Å². The van der Waals surface area contributed by atoms with Crippen LogP contribution in [0.4, 0.5) is 5.69 Å². The molecule has 1 aliphatic carbocycles. The van der Waals surface area contributed by atoms with Crippen molar-refractivity contribution in [3.8, 4) is 28.6 Å². The zero-order valence-corrected chi connectivity index (χ0v) is 20.0. The zero-order valence-electron chi connectivity index (χ0n) is 19.2. The minimum atomic E-state index is -0.442. The van der Waals surface area contributed by atoms with E-state index in [0.29, 0.717) is 29.1 Å². The Morgan fingerprint density at radius 2 is 1.71 bits per heavy atom. The number of ether oxygens (including phenoxy) is 1. The van der Waals surface area contributed by atoms with E-state index in [1.807, 2.05) is 24.3 Å². The first kappa shape index (κ1) is 23.0. The summed E-state index contributed by atoms with van der Waals surface area (Å²) in [6, 6.07) is 14.3. The molecule has 0 atom stereocenters. The van der Waals surface area contributed by atoms with Gasteiger partial charge in [0.1, 0.15) is 5.75 Å². The van der Waals surface area contributed by atoms with Gasteiger partial charge in [-0.25, -0.2) is 0 Å². The highest BCUT2D eigenvalue weighted by Gasteiger charge is 2.24. The zero-order chi connectivity index (χ0) is 24.2. The third-order valence-corrected chi connectivity index (χ3v) is 7.00. The minimum Gasteiger partial charge on any atom is -0.497 e. The van der Waals surface area contributed by atoms with Crippen LogP contribution in [-0.4, -0.2) is 37.0 Å². The molecule has 1 saturated carbocycles. The van der Waals surface area contributed by atoms with Crippen molar-refractivity contribution < 1.29 is 14.1 Å². The van der Waals surface area contributed by atoms with Gasteiger partial charge in [0, 0.05) is 29.3 Å². The monoisotopic (exact) mass is 492 g/mol. The molecule has 2 heterocycles. The van der Waals surface area contributed by atoms with E-state index in [1.54, 1.807) is 19.2 Å². The molecule has 35 heavy (non-hydrogen) atoms. The summed E-state index contributed by atoms with van der Waals surface area (Å²) >= 11 is 1.51. The number of benzene rings is 2. The maximum absolute atomic E-state index is 10.9. The molecule has 2 aromatic heterocycles. The van der Waals surface area contributed by atoms with Gasteiger partial charge < -0.3 is 9.15 Å². The first-order valence-corrected chi connectivity index (χ1v) is 12.4. The average molecular weight is 493 g/mol. The van der Waals surface area contributed by atoms with Crippen molar-refractivity contribution in [3.05, 3.63) is 64.5 Å². The van der Waals surface area contributed by atoms with Gasteiger partial charge in [-0.15, -0.1) is 20.4 Å². The van der Waals surface area contributed by atoms with Crippen LogP contribution in [0.1, 0.15) is 44.0 Å². The Hall–Kier alpha value is -3.73. The van der Waals surface area contributed by atoms with Crippen LogP contribution in [0.25, 0.3) is 22.8 Å². The number of nitrogens with zero attached hydrogens (tertiary/aromatic N) is 6. The molecule has 1 aliphatic rings. The van der Waals surface area contributed by atoms with Gasteiger partial charge >= 0.3 is 0 Å². The number of hydrogen-bond donors (Lipinski definition) is 0. The van der Waals surface area contributed by atoms with E-state index in [4.69, 9.17) is 9.15 Å². The molecule has 2 aromatic carbocycles. The number of thioether (sulfide) groups is 1. The van der Waals surface area contributed by atoms with Crippen molar-refractivity contribution >= 4 is 17.4 Å². The van der Waals surface area contributed by atoms with Crippen molar-refractivity contribution in [2.24, 2.45) is 0 Å². The van der Waals surface area contributed by atoms with Gasteiger partial charge in [0.2, 0.25) is 11.8 Å². The lowest BCUT2D eigenvalue weighted by Gasteiger charge is -2.25. The van der Waals surface area contributed by atoms with Crippen LogP contribution in [0.3, 0.4) is 0 Å². The highest BCUT2D eigenvalue weighted by molar-refractivity contribution is 7.98. The SMILES string of the molecule is COc1ccc(-c2nnc(SCc3nnc(-c4ccc([N+](=O)[O-])cc4)o3)n2C2CCCCC2)cc1. The van der Waals surface area contributed by atoms with E-state index < -0.39 is 4.92 Å². The van der Waals surface area contributed by atoms with E-state index in [2.05, 4.69) is 25.0 Å². The molecule has 4 aromatic rings. The Morgan fingerprint density at radius 3 is 2.40 bits per heavy atom. The predicted octanol–water partition coefficient (Wildman–Crippen LogP) is 5.71. The molecule has 10 nitrogen and oxygen atoms in total. The Morgan fingerprint density at radius 1 is 1.00 bits per heavy atom. The topological polar surface area (TPSA) is 122 Å². The van der Waals surface area contributed by atoms with E-state index in [1.165, 1.54) is 43.2 Å². The highest BCUT2D eigenvalue weighted by Crippen LogP contribution is 2.36. The van der Waals surface area contributed by atoms with Crippen molar-refractivity contribution in [2.75, 3.05) is 7.11 Å². The smallest absolute Gasteiger partial charge is 0.269 e. The summed E-state index contributed by atoms with van der Waals surface area (Å²) in [6.07, 6.45) is 5.83. The summed E-state index contributed by atoms with van der Waals surface area (Å²) in [5.41, 5.74) is 1.64. The molecule has 0 saturated heterocycles. The number of hydrogen-bond acceptors (Lipinski definition) is 9. The molecule has 1 fully saturated rings. The maximum atomic E-state index is 10.9. The number of nitro groups is 1. The fraction of sp³-hybridized carbons (Fsp3) is 0.333. The summed E-state index contributed by atoms with van der Waals surface area (Å²) < 4.78 is 13.4. The molecule has 0 unspecified atom stereocenters. The molecule has 5 rings (SSSR count). The normalized spacial score (nSPS) is 14.2. The van der Waals surface area contributed by atoms with Crippen LogP contribution in [0, 0.1) is 10.1 Å². The van der Waals surface area contributed by atoms with Crippen LogP contribution in [0.15, 0.2) is 58.1 Å². The van der Waals surface area contributed by atoms with Crippen LogP contribution >= 0.6 is 11.8 Å². The van der Waals surface area contributed by atoms with Crippen LogP contribution in [0.5, 0.6) is 5.75 Å². The molecular weight excluding hydrogens is 468 g/mol. The van der Waals surface area contributed by atoms with Gasteiger partial charge in [-0.05, 0) is 49.2 Å². The quantitative estimate of drug-likeness (QED) is 0.173. The van der Waals surface area contributed by atoms with Gasteiger partial charge in [0.25, 0.3) is 5.69 Å². The fourth-order valence-electron chi connectivity index (χ4n) is 4.26. The van der Waals surface area contributed by atoms with Crippen molar-refractivity contribution in [2.45, 2.75) is 49.1 Å². The number of methoxy groups -OCH3 is 1. The lowest BCUT2D eigenvalue weighted by molar-refractivity contribution is -0.384. The molecule has 0 spiro atoms. The number of non-ortho nitro benzene ring substituents is 1. The van der Waals surface area contributed by atoms with Crippen molar-refractivity contribution in [3.63, 3.8) is 0 Å². The third kappa shape index (κ3) is 5.04. The molecule has 0 radical (unpaired) electrons. The van der Waals surface area contributed by atoms with Crippen LogP contribution in [0.2, 0.25) is 0 Å². The summed E-state index contributed by atoms with van der Waals surface area (Å²) in [4.78, 5) is 10.4. The first-order chi connectivity index (χ1) is 17.1. The lowest BCUT2D eigenvalue weighted by Crippen LogP contribution is -2.15. The van der Waals surface area contributed by atoms with Crippen molar-refractivity contribution in [1.82, 2.24) is 25.0 Å². The van der Waals surface area contributed by atoms with Crippen molar-refractivity contribution in [1.29, 1.82) is 0 Å². The van der Waals surface area contributed by atoms with E-state index in [9.17, 15) is 10.1 Å². The number of aromatic nitrogens is 5. The molecule has 11 heteroatoms. The van der Waals surface area contributed by atoms with E-state index in [0.717, 1.165) is 35.1 Å². The highest BCUT2D eigenvalue weighted by atomic mass is 32.2. The molecular formula is C24H24N6O4S. The molecule has 0 bridgehead atoms. The molecule has 0 N–H and O–H groups in total. The Labute approximate surface area is 205 Å². The first-order valence-electron chi connectivity index (χ1n) is 11.4. The number of nitro benzene ring substituents is 1. The number of rotatable bonds is 8. The average Bonchev–Trinajstić information content (AvgIpc) is 3.55. The van der Waals surface area contributed by atoms with Gasteiger partial charge in [0.05, 0.1) is 17.8 Å². The second-order valence-electron chi connectivity index (χ2n) is 8.29. The molecule has 180 valence electrons. The fourth-order valence-corrected chi connectivity index (χ4v) is 5.10. The van der Waals surface area contributed by atoms with Crippen LogP contribution in [-0.2, 0) is 5.75 Å². The minimum absolute atomic E-state index is 0.0127. The summed E-state index contributed by atoms with van der Waals surface area (Å²) in [6.45, 7) is 0. The Balaban J connectivity index is 1.36. The molecule has 0 amide bonds. The standard InChI is InChI=1S/C24H24N6O4S/c1-33-20-13-9-16(10-14-20)22-26-28-24(29(22)18-5-3-2-4-6-18)35-15-21-25-27-23(34-21)17-7-11-19(12-8-17)30(31)32/h7-14,18H,2-6,15H2,1H3. The third-order valence-electron chi connectivity index (χ3n) is 6.07. The van der Waals surface area contributed by atoms with Gasteiger partial charge in [0.15, 0.2) is 11.0 Å². The lowest BCUT2D eigenvalue weighted by atomic mass is 9.95. The predicted molar refractivity (Wildman–Crippen MR) is 130 cm³/mol. The van der Waals surface area contributed by atoms with Gasteiger partial charge in [-0.3, -0.25) is 14.7 Å². The molecule has 0 aliphatic heterocycles. The Kier molecular flexibility index (Phi) is 6.75. The van der Waals surface area contributed by atoms with Crippen LogP contribution < -0.4 is 4.74 Å². The van der Waals surface area contributed by atoms with E-state index >= 15 is 0 Å². The Bertz CT molecular complexity index is 1300. The maximum Gasteiger partial charge on any atom is 0.269 e.